The van der Waals surface area contributed by atoms with Gasteiger partial charge in [0.25, 0.3) is 0 Å². The number of pyridine rings is 2. The average molecular weight is 567 g/mol. The highest BCUT2D eigenvalue weighted by atomic mass is 35.5. The molecule has 12 heteroatoms. The van der Waals surface area contributed by atoms with Crippen LogP contribution in [-0.2, 0) is 21.5 Å². The van der Waals surface area contributed by atoms with Gasteiger partial charge in [-0.15, -0.1) is 0 Å². The smallest absolute Gasteiger partial charge is 0.324 e. The van der Waals surface area contributed by atoms with Gasteiger partial charge in [-0.2, -0.15) is 9.13 Å². The molecule has 0 atom stereocenters. The molecule has 0 fully saturated rings. The highest BCUT2D eigenvalue weighted by molar-refractivity contribution is 7.51. The molecule has 36 heavy (non-hydrogen) atoms. The third-order valence-corrected chi connectivity index (χ3v) is 7.36. The van der Waals surface area contributed by atoms with Gasteiger partial charge in [0.1, 0.15) is 0 Å². The van der Waals surface area contributed by atoms with Crippen molar-refractivity contribution in [1.29, 1.82) is 0 Å². The number of aromatic nitrogens is 2. The lowest BCUT2D eigenvalue weighted by atomic mass is 10.1. The second-order valence-corrected chi connectivity index (χ2v) is 12.3. The van der Waals surface area contributed by atoms with Crippen LogP contribution in [0.3, 0.4) is 0 Å². The molecular weight excluding hydrogens is 545 g/mol. The summed E-state index contributed by atoms with van der Waals surface area (Å²) in [5, 5.41) is 0.781. The van der Waals surface area contributed by atoms with Crippen LogP contribution in [0, 0.1) is 0 Å². The molecule has 2 aromatic carbocycles. The predicted molar refractivity (Wildman–Crippen MR) is 136 cm³/mol. The Kier molecular flexibility index (Phi) is 7.81. The second-order valence-electron chi connectivity index (χ2n) is 8.18. The van der Waals surface area contributed by atoms with Gasteiger partial charge in [-0.25, -0.2) is 0 Å². The van der Waals surface area contributed by atoms with Gasteiger partial charge in [0.15, 0.2) is 24.8 Å². The maximum Gasteiger partial charge on any atom is 0.330 e. The molecule has 4 rings (SSSR count). The van der Waals surface area contributed by atoms with Gasteiger partial charge in [0.2, 0.25) is 11.4 Å². The Bertz CT molecular complexity index is 1390. The van der Waals surface area contributed by atoms with Crippen molar-refractivity contribution in [1.82, 2.24) is 0 Å². The maximum atomic E-state index is 11.6. The van der Waals surface area contributed by atoms with Crippen LogP contribution in [0.4, 0.5) is 0 Å². The van der Waals surface area contributed by atoms with Crippen molar-refractivity contribution in [2.24, 2.45) is 0 Å². The van der Waals surface area contributed by atoms with Gasteiger partial charge >= 0.3 is 15.2 Å². The summed E-state index contributed by atoms with van der Waals surface area (Å²) < 4.78 is 26.7. The highest BCUT2D eigenvalue weighted by Gasteiger charge is 2.23. The zero-order valence-corrected chi connectivity index (χ0v) is 21.9. The molecule has 0 radical (unpaired) electrons. The van der Waals surface area contributed by atoms with Gasteiger partial charge in [-0.05, 0) is 35.4 Å². The zero-order valence-electron chi connectivity index (χ0n) is 18.6. The SMILES string of the molecule is O=P(O)(O)Cc1cc(Cl)ccc1-[n+]1ccc(-c2cc[n+](-c3ccc(Cl)cc3CP(=O)(O)O)cc2)cc1. The van der Waals surface area contributed by atoms with Crippen LogP contribution in [0.15, 0.2) is 85.5 Å². The monoisotopic (exact) mass is 566 g/mol. The van der Waals surface area contributed by atoms with E-state index in [4.69, 9.17) is 23.2 Å². The van der Waals surface area contributed by atoms with E-state index >= 15 is 0 Å². The molecule has 0 amide bonds. The second kappa shape index (κ2) is 10.5. The fraction of sp³-hybridized carbons (Fsp3) is 0.0833. The lowest BCUT2D eigenvalue weighted by Gasteiger charge is -2.08. The third kappa shape index (κ3) is 6.88. The molecule has 8 nitrogen and oxygen atoms in total. The van der Waals surface area contributed by atoms with E-state index in [-0.39, 0.29) is 0 Å². The average Bonchev–Trinajstić information content (AvgIpc) is 2.78. The Labute approximate surface area is 217 Å². The Morgan fingerprint density at radius 1 is 0.583 bits per heavy atom. The van der Waals surface area contributed by atoms with E-state index in [9.17, 15) is 28.7 Å². The molecular formula is C24H22Cl2N2O6P2+2. The molecule has 2 heterocycles. The summed E-state index contributed by atoms with van der Waals surface area (Å²) in [4.78, 5) is 37.7. The number of halogens is 2. The maximum absolute atomic E-state index is 11.6. The summed E-state index contributed by atoms with van der Waals surface area (Å²) in [6, 6.07) is 17.3. The fourth-order valence-corrected chi connectivity index (χ4v) is 5.65. The number of rotatable bonds is 7. The van der Waals surface area contributed by atoms with Crippen LogP contribution in [0.25, 0.3) is 22.5 Å². The normalized spacial score (nSPS) is 12.1. The quantitative estimate of drug-likeness (QED) is 0.192. The fourth-order valence-electron chi connectivity index (χ4n) is 3.87. The molecule has 0 saturated heterocycles. The van der Waals surface area contributed by atoms with Crippen molar-refractivity contribution in [2.45, 2.75) is 12.3 Å². The van der Waals surface area contributed by atoms with E-state index in [0.717, 1.165) is 11.1 Å². The van der Waals surface area contributed by atoms with Crippen LogP contribution < -0.4 is 9.13 Å². The minimum atomic E-state index is -4.29. The first kappa shape index (κ1) is 26.7. The Morgan fingerprint density at radius 2 is 0.917 bits per heavy atom. The van der Waals surface area contributed by atoms with E-state index in [1.165, 1.54) is 0 Å². The molecule has 0 aliphatic heterocycles. The summed E-state index contributed by atoms with van der Waals surface area (Å²) in [6.45, 7) is 0. The number of hydrogen-bond donors (Lipinski definition) is 4. The van der Waals surface area contributed by atoms with E-state index < -0.39 is 27.5 Å². The first-order chi connectivity index (χ1) is 16.9. The standard InChI is InChI=1S/C24H20Cl2N2O6P2/c25-21-1-3-23(19(13-21)15-35(29,30)31)27-9-5-17(6-10-27)18-7-11-28(12-8-18)24-4-2-22(26)14-20(24)16-36(32,33)34/h1-14H,15-16H2,(H2-2,29,30,31,32,33,34)/p+2. The molecule has 2 aromatic heterocycles. The van der Waals surface area contributed by atoms with E-state index in [0.29, 0.717) is 32.5 Å². The first-order valence-corrected chi connectivity index (χ1v) is 14.9. The minimum Gasteiger partial charge on any atom is -0.324 e. The van der Waals surface area contributed by atoms with Crippen LogP contribution >= 0.6 is 38.4 Å². The van der Waals surface area contributed by atoms with Crippen molar-refractivity contribution in [3.63, 3.8) is 0 Å². The van der Waals surface area contributed by atoms with Crippen LogP contribution in [0.5, 0.6) is 0 Å². The molecule has 0 saturated carbocycles. The zero-order chi connectivity index (χ0) is 26.1. The van der Waals surface area contributed by atoms with Crippen LogP contribution in [-0.4, -0.2) is 19.6 Å². The first-order valence-electron chi connectivity index (χ1n) is 10.6. The van der Waals surface area contributed by atoms with Gasteiger partial charge in [0, 0.05) is 57.6 Å². The van der Waals surface area contributed by atoms with Crippen molar-refractivity contribution in [2.75, 3.05) is 0 Å². The van der Waals surface area contributed by atoms with E-state index in [1.807, 2.05) is 24.3 Å². The molecule has 0 aliphatic carbocycles. The summed E-state index contributed by atoms with van der Waals surface area (Å²) in [6.07, 6.45) is 6.32. The topological polar surface area (TPSA) is 123 Å². The minimum absolute atomic E-state index is 0.390. The molecule has 4 aromatic rings. The summed E-state index contributed by atoms with van der Waals surface area (Å²) in [5.41, 5.74) is 3.89. The molecule has 4 N–H and O–H groups in total. The van der Waals surface area contributed by atoms with Gasteiger partial charge in [-0.3, -0.25) is 9.13 Å². The Morgan fingerprint density at radius 3 is 1.22 bits per heavy atom. The summed E-state index contributed by atoms with van der Waals surface area (Å²) >= 11 is 12.1. The summed E-state index contributed by atoms with van der Waals surface area (Å²) in [7, 11) is -8.57. The molecule has 0 aliphatic rings. The number of benzene rings is 2. The lowest BCUT2D eigenvalue weighted by Crippen LogP contribution is -2.31. The van der Waals surface area contributed by atoms with E-state index in [1.54, 1.807) is 70.3 Å². The number of nitrogens with zero attached hydrogens (tertiary/aromatic N) is 2. The number of hydrogen-bond acceptors (Lipinski definition) is 2. The molecule has 0 unspecified atom stereocenters. The van der Waals surface area contributed by atoms with Crippen molar-refractivity contribution in [3.8, 4) is 22.5 Å². The molecule has 186 valence electrons. The van der Waals surface area contributed by atoms with Gasteiger partial charge < -0.3 is 19.6 Å². The lowest BCUT2D eigenvalue weighted by molar-refractivity contribution is -0.596. The van der Waals surface area contributed by atoms with Crippen molar-refractivity contribution in [3.05, 3.63) is 107 Å². The molecule has 0 bridgehead atoms. The summed E-state index contributed by atoms with van der Waals surface area (Å²) in [5.74, 6) is 0. The Hall–Kier alpha value is -2.38. The van der Waals surface area contributed by atoms with Crippen molar-refractivity contribution < 1.29 is 37.8 Å². The van der Waals surface area contributed by atoms with Gasteiger partial charge in [0.05, 0.1) is 12.3 Å². The predicted octanol–water partition coefficient (Wildman–Crippen LogP) is 4.57. The largest absolute Gasteiger partial charge is 0.330 e. The van der Waals surface area contributed by atoms with Crippen LogP contribution in [0.1, 0.15) is 11.1 Å². The third-order valence-electron chi connectivity index (χ3n) is 5.38. The van der Waals surface area contributed by atoms with E-state index in [2.05, 4.69) is 0 Å². The van der Waals surface area contributed by atoms with Crippen molar-refractivity contribution >= 4 is 38.4 Å². The van der Waals surface area contributed by atoms with Crippen LogP contribution in [0.2, 0.25) is 10.0 Å². The highest BCUT2D eigenvalue weighted by Crippen LogP contribution is 2.41. The Balaban J connectivity index is 1.62. The van der Waals surface area contributed by atoms with Gasteiger partial charge in [-0.1, -0.05) is 23.2 Å². The molecule has 0 spiro atoms.